The van der Waals surface area contributed by atoms with E-state index in [2.05, 4.69) is 31.3 Å². The fraction of sp³-hybridized carbons (Fsp3) is 0.0769. The fourth-order valence-electron chi connectivity index (χ4n) is 1.93. The summed E-state index contributed by atoms with van der Waals surface area (Å²) in [6, 6.07) is 7.11. The van der Waals surface area contributed by atoms with E-state index in [0.717, 1.165) is 0 Å². The summed E-state index contributed by atoms with van der Waals surface area (Å²) in [5, 5.41) is 12.0. The zero-order chi connectivity index (χ0) is 14.8. The Balaban J connectivity index is 2.06. The highest BCUT2D eigenvalue weighted by Crippen LogP contribution is 2.30. The van der Waals surface area contributed by atoms with Crippen molar-refractivity contribution in [1.82, 2.24) is 19.9 Å². The van der Waals surface area contributed by atoms with Gasteiger partial charge in [-0.3, -0.25) is 0 Å². The van der Waals surface area contributed by atoms with E-state index < -0.39 is 0 Å². The first-order chi connectivity index (χ1) is 10.2. The number of anilines is 3. The number of nitrogens with one attached hydrogen (secondary N) is 2. The lowest BCUT2D eigenvalue weighted by atomic mass is 10.2. The predicted molar refractivity (Wildman–Crippen MR) is 77.1 cm³/mol. The molecule has 0 aliphatic rings. The molecule has 0 saturated carbocycles. The third kappa shape index (κ3) is 2.28. The third-order valence-corrected chi connectivity index (χ3v) is 2.89. The van der Waals surface area contributed by atoms with Crippen LogP contribution in [0.3, 0.4) is 0 Å². The first-order valence-corrected chi connectivity index (χ1v) is 6.03. The zero-order valence-corrected chi connectivity index (χ0v) is 11.1. The maximum atomic E-state index is 8.91. The number of imidazole rings is 1. The number of nitrogens with zero attached hydrogens (tertiary/aromatic N) is 4. The molecule has 2 aromatic heterocycles. The summed E-state index contributed by atoms with van der Waals surface area (Å²) < 4.78 is 5.27. The maximum Gasteiger partial charge on any atom is 0.224 e. The van der Waals surface area contributed by atoms with E-state index in [1.54, 1.807) is 18.2 Å². The van der Waals surface area contributed by atoms with Gasteiger partial charge in [0.1, 0.15) is 11.3 Å². The van der Waals surface area contributed by atoms with Crippen molar-refractivity contribution in [2.75, 3.05) is 18.2 Å². The van der Waals surface area contributed by atoms with Gasteiger partial charge in [0.25, 0.3) is 0 Å². The molecule has 3 rings (SSSR count). The standard InChI is InChI=1S/C13H11N7O/c1-21-9-4-7(5-14)2-3-8(9)18-12-10-11(17-6-16-10)19-13(15)20-12/h2-4,6H,1H3,(H4,15,16,17,18,19,20). The average molecular weight is 281 g/mol. The van der Waals surface area contributed by atoms with E-state index >= 15 is 0 Å². The lowest BCUT2D eigenvalue weighted by Gasteiger charge is -2.11. The molecule has 0 bridgehead atoms. The number of hydrogen-bond donors (Lipinski definition) is 3. The number of nitriles is 1. The number of ether oxygens (including phenoxy) is 1. The Bertz CT molecular complexity index is 849. The highest BCUT2D eigenvalue weighted by atomic mass is 16.5. The Labute approximate surface area is 119 Å². The second-order valence-electron chi connectivity index (χ2n) is 4.18. The summed E-state index contributed by atoms with van der Waals surface area (Å²) in [6.07, 6.45) is 1.51. The summed E-state index contributed by atoms with van der Waals surface area (Å²) in [4.78, 5) is 15.2. The number of rotatable bonds is 3. The number of aromatic nitrogens is 4. The summed E-state index contributed by atoms with van der Waals surface area (Å²) >= 11 is 0. The minimum Gasteiger partial charge on any atom is -0.495 e. The monoisotopic (exact) mass is 281 g/mol. The van der Waals surface area contributed by atoms with Crippen molar-refractivity contribution >= 4 is 28.6 Å². The van der Waals surface area contributed by atoms with E-state index in [1.165, 1.54) is 13.4 Å². The molecule has 1 aromatic carbocycles. The molecule has 8 nitrogen and oxygen atoms in total. The highest BCUT2D eigenvalue weighted by molar-refractivity contribution is 5.86. The van der Waals surface area contributed by atoms with Crippen LogP contribution in [0.25, 0.3) is 11.2 Å². The van der Waals surface area contributed by atoms with E-state index in [-0.39, 0.29) is 5.95 Å². The van der Waals surface area contributed by atoms with Crippen LogP contribution in [-0.4, -0.2) is 27.0 Å². The van der Waals surface area contributed by atoms with Crippen LogP contribution in [-0.2, 0) is 0 Å². The smallest absolute Gasteiger partial charge is 0.224 e. The Kier molecular flexibility index (Phi) is 3.00. The Morgan fingerprint density at radius 1 is 1.38 bits per heavy atom. The van der Waals surface area contributed by atoms with Gasteiger partial charge in [0, 0.05) is 6.07 Å². The molecule has 0 aliphatic heterocycles. The molecule has 3 aromatic rings. The lowest BCUT2D eigenvalue weighted by molar-refractivity contribution is 0.416. The molecule has 104 valence electrons. The van der Waals surface area contributed by atoms with Gasteiger partial charge in [0.05, 0.1) is 30.8 Å². The molecular weight excluding hydrogens is 270 g/mol. The summed E-state index contributed by atoms with van der Waals surface area (Å²) in [6.45, 7) is 0. The van der Waals surface area contributed by atoms with E-state index in [1.807, 2.05) is 0 Å². The van der Waals surface area contributed by atoms with Crippen LogP contribution in [0.15, 0.2) is 24.5 Å². The molecule has 8 heteroatoms. The van der Waals surface area contributed by atoms with Crippen molar-refractivity contribution in [3.8, 4) is 11.8 Å². The molecule has 0 fully saturated rings. The molecular formula is C13H11N7O. The van der Waals surface area contributed by atoms with Crippen LogP contribution in [0.4, 0.5) is 17.5 Å². The number of fused-ring (bicyclic) bond motifs is 1. The fourth-order valence-corrected chi connectivity index (χ4v) is 1.93. The minimum absolute atomic E-state index is 0.115. The lowest BCUT2D eigenvalue weighted by Crippen LogP contribution is -2.02. The van der Waals surface area contributed by atoms with Crippen molar-refractivity contribution in [3.05, 3.63) is 30.1 Å². The Morgan fingerprint density at radius 2 is 2.24 bits per heavy atom. The minimum atomic E-state index is 0.115. The number of benzene rings is 1. The van der Waals surface area contributed by atoms with Crippen LogP contribution >= 0.6 is 0 Å². The molecule has 2 heterocycles. The Hall–Kier alpha value is -3.34. The number of H-pyrrole nitrogens is 1. The summed E-state index contributed by atoms with van der Waals surface area (Å²) in [5.74, 6) is 1.13. The third-order valence-electron chi connectivity index (χ3n) is 2.89. The normalized spacial score (nSPS) is 10.3. The average Bonchev–Trinajstić information content (AvgIpc) is 2.96. The van der Waals surface area contributed by atoms with Gasteiger partial charge < -0.3 is 20.8 Å². The van der Waals surface area contributed by atoms with Gasteiger partial charge in [-0.1, -0.05) is 0 Å². The van der Waals surface area contributed by atoms with Gasteiger partial charge in [-0.05, 0) is 12.1 Å². The zero-order valence-electron chi connectivity index (χ0n) is 11.1. The summed E-state index contributed by atoms with van der Waals surface area (Å²) in [5.41, 5.74) is 7.93. The first-order valence-electron chi connectivity index (χ1n) is 6.03. The van der Waals surface area contributed by atoms with Crippen molar-refractivity contribution in [3.63, 3.8) is 0 Å². The predicted octanol–water partition coefficient (Wildman–Crippen LogP) is 1.56. The van der Waals surface area contributed by atoms with Crippen molar-refractivity contribution in [1.29, 1.82) is 5.26 Å². The number of aromatic amines is 1. The quantitative estimate of drug-likeness (QED) is 0.665. The number of nitrogens with two attached hydrogens (primary N) is 1. The van der Waals surface area contributed by atoms with Crippen LogP contribution in [0.1, 0.15) is 5.56 Å². The van der Waals surface area contributed by atoms with Crippen LogP contribution in [0.2, 0.25) is 0 Å². The first kappa shape index (κ1) is 12.7. The molecule has 0 radical (unpaired) electrons. The van der Waals surface area contributed by atoms with Crippen molar-refractivity contribution in [2.45, 2.75) is 0 Å². The molecule has 4 N–H and O–H groups in total. The topological polar surface area (TPSA) is 126 Å². The largest absolute Gasteiger partial charge is 0.495 e. The van der Waals surface area contributed by atoms with E-state index in [0.29, 0.717) is 34.0 Å². The Morgan fingerprint density at radius 3 is 3.00 bits per heavy atom. The molecule has 21 heavy (non-hydrogen) atoms. The van der Waals surface area contributed by atoms with E-state index in [9.17, 15) is 0 Å². The van der Waals surface area contributed by atoms with Gasteiger partial charge in [-0.2, -0.15) is 15.2 Å². The molecule has 0 unspecified atom stereocenters. The second-order valence-corrected chi connectivity index (χ2v) is 4.18. The molecule has 0 amide bonds. The van der Waals surface area contributed by atoms with Crippen LogP contribution in [0.5, 0.6) is 5.75 Å². The highest BCUT2D eigenvalue weighted by Gasteiger charge is 2.11. The molecule has 0 spiro atoms. The van der Waals surface area contributed by atoms with Gasteiger partial charge in [-0.15, -0.1) is 0 Å². The maximum absolute atomic E-state index is 8.91. The number of nitrogen functional groups attached to an aromatic ring is 1. The number of hydrogen-bond acceptors (Lipinski definition) is 7. The SMILES string of the molecule is COc1cc(C#N)ccc1Nc1nc(N)nc2nc[nH]c12. The van der Waals surface area contributed by atoms with Gasteiger partial charge in [-0.25, -0.2) is 4.98 Å². The van der Waals surface area contributed by atoms with Gasteiger partial charge in [0.15, 0.2) is 11.5 Å². The van der Waals surface area contributed by atoms with Crippen LogP contribution < -0.4 is 15.8 Å². The van der Waals surface area contributed by atoms with Gasteiger partial charge >= 0.3 is 0 Å². The van der Waals surface area contributed by atoms with E-state index in [4.69, 9.17) is 15.7 Å². The molecule has 0 saturated heterocycles. The van der Waals surface area contributed by atoms with Crippen molar-refractivity contribution in [2.24, 2.45) is 0 Å². The second kappa shape index (κ2) is 4.97. The van der Waals surface area contributed by atoms with Gasteiger partial charge in [0.2, 0.25) is 5.95 Å². The van der Waals surface area contributed by atoms with Crippen LogP contribution in [0, 0.1) is 11.3 Å². The molecule has 0 atom stereocenters. The summed E-state index contributed by atoms with van der Waals surface area (Å²) in [7, 11) is 1.53. The number of methoxy groups -OCH3 is 1. The molecule has 0 aliphatic carbocycles. The van der Waals surface area contributed by atoms with Crippen molar-refractivity contribution < 1.29 is 4.74 Å².